The predicted molar refractivity (Wildman–Crippen MR) is 82.8 cm³/mol. The Kier molecular flexibility index (Phi) is 6.82. The molecule has 0 amide bonds. The van der Waals surface area contributed by atoms with Gasteiger partial charge in [0.05, 0.1) is 5.41 Å². The lowest BCUT2D eigenvalue weighted by Crippen LogP contribution is -2.43. The number of rotatable bonds is 9. The number of nitrogens with one attached hydrogen (secondary N) is 1. The second-order valence-electron chi connectivity index (χ2n) is 5.74. The van der Waals surface area contributed by atoms with E-state index in [0.717, 1.165) is 18.4 Å². The van der Waals surface area contributed by atoms with Crippen molar-refractivity contribution < 1.29 is 14.3 Å². The Hall–Kier alpha value is -1.42. The highest BCUT2D eigenvalue weighted by Crippen LogP contribution is 2.26. The van der Waals surface area contributed by atoms with Crippen molar-refractivity contribution in [3.8, 4) is 0 Å². The van der Waals surface area contributed by atoms with Crippen molar-refractivity contribution in [1.82, 2.24) is 5.32 Å². The van der Waals surface area contributed by atoms with Crippen LogP contribution in [0.15, 0.2) is 24.3 Å². The molecule has 0 aliphatic carbocycles. The number of carbonyl (C=O) groups is 1. The highest BCUT2D eigenvalue weighted by Gasteiger charge is 2.34. The zero-order chi connectivity index (χ0) is 15.9. The minimum Gasteiger partial charge on any atom is -0.481 e. The molecule has 1 atom stereocenters. The van der Waals surface area contributed by atoms with E-state index in [1.807, 2.05) is 26.8 Å². The summed E-state index contributed by atoms with van der Waals surface area (Å²) in [6.45, 7) is 6.34. The minimum absolute atomic E-state index is 0.199. The highest BCUT2D eigenvalue weighted by molar-refractivity contribution is 5.74. The van der Waals surface area contributed by atoms with Crippen molar-refractivity contribution in [1.29, 1.82) is 0 Å². The summed E-state index contributed by atoms with van der Waals surface area (Å²) in [6, 6.07) is 6.81. The Labute approximate surface area is 126 Å². The maximum absolute atomic E-state index is 13.1. The normalized spacial score (nSPS) is 13.1. The molecule has 118 valence electrons. The van der Waals surface area contributed by atoms with Crippen LogP contribution >= 0.6 is 0 Å². The molecule has 0 aromatic heterocycles. The van der Waals surface area contributed by atoms with E-state index in [1.165, 1.54) is 6.07 Å². The third-order valence-corrected chi connectivity index (χ3v) is 4.35. The summed E-state index contributed by atoms with van der Waals surface area (Å²) < 4.78 is 13.1. The van der Waals surface area contributed by atoms with Crippen molar-refractivity contribution in [3.05, 3.63) is 35.6 Å². The van der Waals surface area contributed by atoms with Crippen LogP contribution in [0.2, 0.25) is 0 Å². The number of halogens is 1. The molecule has 0 spiro atoms. The molecule has 0 fully saturated rings. The third-order valence-electron chi connectivity index (χ3n) is 4.35. The summed E-state index contributed by atoms with van der Waals surface area (Å²) in [5, 5.41) is 12.7. The lowest BCUT2D eigenvalue weighted by molar-refractivity contribution is -0.149. The van der Waals surface area contributed by atoms with Crippen molar-refractivity contribution in [2.75, 3.05) is 6.54 Å². The van der Waals surface area contributed by atoms with E-state index >= 15 is 0 Å². The van der Waals surface area contributed by atoms with Gasteiger partial charge < -0.3 is 10.4 Å². The SMILES string of the molecule is CCC(CC)(CNC(C)CCc1cccc(F)c1)C(=O)O. The molecule has 0 saturated heterocycles. The van der Waals surface area contributed by atoms with Gasteiger partial charge in [0.2, 0.25) is 0 Å². The van der Waals surface area contributed by atoms with Crippen LogP contribution in [-0.2, 0) is 11.2 Å². The van der Waals surface area contributed by atoms with E-state index in [4.69, 9.17) is 0 Å². The quantitative estimate of drug-likeness (QED) is 0.731. The molecular weight excluding hydrogens is 269 g/mol. The summed E-state index contributed by atoms with van der Waals surface area (Å²) in [6.07, 6.45) is 2.86. The van der Waals surface area contributed by atoms with Gasteiger partial charge in [-0.2, -0.15) is 0 Å². The van der Waals surface area contributed by atoms with Gasteiger partial charge in [-0.3, -0.25) is 4.79 Å². The van der Waals surface area contributed by atoms with Crippen LogP contribution in [0.5, 0.6) is 0 Å². The first-order valence-electron chi connectivity index (χ1n) is 7.64. The van der Waals surface area contributed by atoms with Crippen LogP contribution in [-0.4, -0.2) is 23.7 Å². The van der Waals surface area contributed by atoms with Gasteiger partial charge >= 0.3 is 5.97 Å². The van der Waals surface area contributed by atoms with E-state index in [1.54, 1.807) is 12.1 Å². The van der Waals surface area contributed by atoms with Crippen molar-refractivity contribution in [2.45, 2.75) is 52.5 Å². The first-order chi connectivity index (χ1) is 9.93. The molecule has 1 unspecified atom stereocenters. The summed E-state index contributed by atoms with van der Waals surface area (Å²) in [5.74, 6) is -0.952. The Bertz CT molecular complexity index is 458. The van der Waals surface area contributed by atoms with Gasteiger partial charge in [0.25, 0.3) is 0 Å². The highest BCUT2D eigenvalue weighted by atomic mass is 19.1. The number of aliphatic carboxylic acids is 1. The van der Waals surface area contributed by atoms with E-state index in [9.17, 15) is 14.3 Å². The summed E-state index contributed by atoms with van der Waals surface area (Å²) in [5.41, 5.74) is 0.284. The van der Waals surface area contributed by atoms with Crippen LogP contribution in [0, 0.1) is 11.2 Å². The average molecular weight is 295 g/mol. The molecule has 0 bridgehead atoms. The zero-order valence-corrected chi connectivity index (χ0v) is 13.2. The van der Waals surface area contributed by atoms with Crippen molar-refractivity contribution in [3.63, 3.8) is 0 Å². The minimum atomic E-state index is -0.739. The van der Waals surface area contributed by atoms with Crippen LogP contribution < -0.4 is 5.32 Å². The van der Waals surface area contributed by atoms with Crippen molar-refractivity contribution in [2.24, 2.45) is 5.41 Å². The number of carboxylic acids is 1. The molecule has 4 heteroatoms. The monoisotopic (exact) mass is 295 g/mol. The number of hydrogen-bond donors (Lipinski definition) is 2. The molecule has 1 rings (SSSR count). The lowest BCUT2D eigenvalue weighted by atomic mass is 9.82. The molecule has 0 radical (unpaired) electrons. The Morgan fingerprint density at radius 3 is 2.57 bits per heavy atom. The largest absolute Gasteiger partial charge is 0.481 e. The van der Waals surface area contributed by atoms with Gasteiger partial charge in [0, 0.05) is 12.6 Å². The van der Waals surface area contributed by atoms with Gasteiger partial charge in [-0.15, -0.1) is 0 Å². The van der Waals surface area contributed by atoms with Gasteiger partial charge in [-0.1, -0.05) is 26.0 Å². The first-order valence-corrected chi connectivity index (χ1v) is 7.64. The fourth-order valence-corrected chi connectivity index (χ4v) is 2.43. The molecule has 0 aliphatic rings. The second kappa shape index (κ2) is 8.13. The lowest BCUT2D eigenvalue weighted by Gasteiger charge is -2.28. The molecule has 0 aliphatic heterocycles. The van der Waals surface area contributed by atoms with Crippen LogP contribution in [0.3, 0.4) is 0 Å². The fourth-order valence-electron chi connectivity index (χ4n) is 2.43. The van der Waals surface area contributed by atoms with E-state index in [0.29, 0.717) is 19.4 Å². The standard InChI is InChI=1S/C17H26FNO2/c1-4-17(5-2,16(20)21)12-19-13(3)9-10-14-7-6-8-15(18)11-14/h6-8,11,13,19H,4-5,9-10,12H2,1-3H3,(H,20,21). The summed E-state index contributed by atoms with van der Waals surface area (Å²) in [7, 11) is 0. The topological polar surface area (TPSA) is 49.3 Å². The van der Waals surface area contributed by atoms with Gasteiger partial charge in [-0.25, -0.2) is 4.39 Å². The average Bonchev–Trinajstić information content (AvgIpc) is 2.46. The van der Waals surface area contributed by atoms with Gasteiger partial charge in [0.1, 0.15) is 5.82 Å². The Morgan fingerprint density at radius 1 is 1.38 bits per heavy atom. The Morgan fingerprint density at radius 2 is 2.05 bits per heavy atom. The number of aryl methyl sites for hydroxylation is 1. The van der Waals surface area contributed by atoms with E-state index in [2.05, 4.69) is 5.32 Å². The molecule has 21 heavy (non-hydrogen) atoms. The van der Waals surface area contributed by atoms with Crippen LogP contribution in [0.25, 0.3) is 0 Å². The van der Waals surface area contributed by atoms with E-state index in [-0.39, 0.29) is 11.9 Å². The molecule has 1 aromatic rings. The predicted octanol–water partition coefficient (Wildman–Crippen LogP) is 3.63. The Balaban J connectivity index is 2.46. The molecule has 3 nitrogen and oxygen atoms in total. The number of hydrogen-bond acceptors (Lipinski definition) is 2. The maximum Gasteiger partial charge on any atom is 0.310 e. The maximum atomic E-state index is 13.1. The first kappa shape index (κ1) is 17.6. The smallest absolute Gasteiger partial charge is 0.310 e. The third kappa shape index (κ3) is 5.12. The van der Waals surface area contributed by atoms with E-state index < -0.39 is 11.4 Å². The molecule has 1 aromatic carbocycles. The fraction of sp³-hybridized carbons (Fsp3) is 0.588. The van der Waals surface area contributed by atoms with Gasteiger partial charge in [-0.05, 0) is 50.3 Å². The van der Waals surface area contributed by atoms with Crippen LogP contribution in [0.1, 0.15) is 45.6 Å². The molecular formula is C17H26FNO2. The second-order valence-corrected chi connectivity index (χ2v) is 5.74. The number of benzene rings is 1. The van der Waals surface area contributed by atoms with Crippen molar-refractivity contribution >= 4 is 5.97 Å². The van der Waals surface area contributed by atoms with Gasteiger partial charge in [0.15, 0.2) is 0 Å². The zero-order valence-electron chi connectivity index (χ0n) is 13.2. The molecule has 0 heterocycles. The number of carboxylic acid groups (broad SMARTS) is 1. The summed E-state index contributed by atoms with van der Waals surface area (Å²) in [4.78, 5) is 11.4. The summed E-state index contributed by atoms with van der Waals surface area (Å²) >= 11 is 0. The van der Waals surface area contributed by atoms with Crippen LogP contribution in [0.4, 0.5) is 4.39 Å². The molecule has 0 saturated carbocycles. The molecule has 2 N–H and O–H groups in total.